The van der Waals surface area contributed by atoms with Gasteiger partial charge in [0.25, 0.3) is 11.8 Å². The molecule has 1 aromatic heterocycles. The van der Waals surface area contributed by atoms with E-state index in [0.29, 0.717) is 13.1 Å². The summed E-state index contributed by atoms with van der Waals surface area (Å²) in [7, 11) is 0. The standard InChI is InChI=1S/C10H9F3N2O/c11-7-5-3-10(12,13)4-6(5)15-2-1-14-9(16)8(7)15/h1-4H2,(H,14,16). The molecule has 0 spiro atoms. The van der Waals surface area contributed by atoms with Gasteiger partial charge in [-0.15, -0.1) is 0 Å². The second kappa shape index (κ2) is 2.81. The molecule has 0 fully saturated rings. The molecule has 0 saturated carbocycles. The number of hydrogen-bond acceptors (Lipinski definition) is 1. The molecule has 1 aliphatic heterocycles. The summed E-state index contributed by atoms with van der Waals surface area (Å²) >= 11 is 0. The monoisotopic (exact) mass is 230 g/mol. The summed E-state index contributed by atoms with van der Waals surface area (Å²) in [5, 5.41) is 2.50. The number of hydrogen-bond donors (Lipinski definition) is 1. The third-order valence-electron chi connectivity index (χ3n) is 3.11. The predicted octanol–water partition coefficient (Wildman–Crippen LogP) is 1.10. The molecule has 0 saturated heterocycles. The second-order valence-corrected chi connectivity index (χ2v) is 4.20. The number of carbonyl (C=O) groups is 1. The Morgan fingerprint density at radius 2 is 2.06 bits per heavy atom. The number of halogens is 3. The first-order valence-electron chi connectivity index (χ1n) is 5.05. The minimum absolute atomic E-state index is 0.0112. The smallest absolute Gasteiger partial charge is 0.271 e. The summed E-state index contributed by atoms with van der Waals surface area (Å²) in [4.78, 5) is 11.4. The lowest BCUT2D eigenvalue weighted by Crippen LogP contribution is -2.36. The minimum atomic E-state index is -2.87. The first-order chi connectivity index (χ1) is 7.49. The van der Waals surface area contributed by atoms with E-state index in [1.54, 1.807) is 0 Å². The van der Waals surface area contributed by atoms with Crippen molar-refractivity contribution in [2.24, 2.45) is 0 Å². The van der Waals surface area contributed by atoms with Crippen LogP contribution in [0.25, 0.3) is 0 Å². The molecule has 1 amide bonds. The molecule has 2 aliphatic rings. The van der Waals surface area contributed by atoms with Crippen molar-refractivity contribution >= 4 is 5.91 Å². The number of nitrogens with zero attached hydrogens (tertiary/aromatic N) is 1. The highest BCUT2D eigenvalue weighted by molar-refractivity contribution is 5.94. The second-order valence-electron chi connectivity index (χ2n) is 4.20. The van der Waals surface area contributed by atoms with Gasteiger partial charge < -0.3 is 9.88 Å². The summed E-state index contributed by atoms with van der Waals surface area (Å²) in [6.45, 7) is 0.724. The number of nitrogens with one attached hydrogen (secondary N) is 1. The van der Waals surface area contributed by atoms with Crippen molar-refractivity contribution in [2.75, 3.05) is 6.54 Å². The van der Waals surface area contributed by atoms with E-state index in [-0.39, 0.29) is 17.0 Å². The molecule has 1 aromatic rings. The largest absolute Gasteiger partial charge is 0.349 e. The van der Waals surface area contributed by atoms with Crippen LogP contribution in [0.3, 0.4) is 0 Å². The van der Waals surface area contributed by atoms with Crippen molar-refractivity contribution < 1.29 is 18.0 Å². The molecule has 86 valence electrons. The van der Waals surface area contributed by atoms with E-state index in [1.807, 2.05) is 0 Å². The molecular formula is C10H9F3N2O. The molecule has 0 unspecified atom stereocenters. The fourth-order valence-electron chi connectivity index (χ4n) is 2.47. The highest BCUT2D eigenvalue weighted by Gasteiger charge is 2.44. The van der Waals surface area contributed by atoms with E-state index in [4.69, 9.17) is 0 Å². The fraction of sp³-hybridized carbons (Fsp3) is 0.500. The van der Waals surface area contributed by atoms with Crippen LogP contribution in [0.2, 0.25) is 0 Å². The van der Waals surface area contributed by atoms with Crippen LogP contribution < -0.4 is 5.32 Å². The van der Waals surface area contributed by atoms with Crippen molar-refractivity contribution in [1.82, 2.24) is 9.88 Å². The molecular weight excluding hydrogens is 221 g/mol. The van der Waals surface area contributed by atoms with Gasteiger partial charge >= 0.3 is 0 Å². The maximum Gasteiger partial charge on any atom is 0.271 e. The third kappa shape index (κ3) is 1.12. The van der Waals surface area contributed by atoms with Gasteiger partial charge in [0.15, 0.2) is 5.82 Å². The Morgan fingerprint density at radius 1 is 1.31 bits per heavy atom. The summed E-state index contributed by atoms with van der Waals surface area (Å²) in [5.74, 6) is -4.16. The molecule has 3 rings (SSSR count). The third-order valence-corrected chi connectivity index (χ3v) is 3.11. The Bertz CT molecular complexity index is 493. The Hall–Kier alpha value is -1.46. The van der Waals surface area contributed by atoms with Crippen molar-refractivity contribution in [2.45, 2.75) is 25.3 Å². The molecule has 1 N–H and O–H groups in total. The summed E-state index contributed by atoms with van der Waals surface area (Å²) in [6.07, 6.45) is -1.06. The zero-order chi connectivity index (χ0) is 11.5. The van der Waals surface area contributed by atoms with Crippen molar-refractivity contribution in [1.29, 1.82) is 0 Å². The summed E-state index contributed by atoms with van der Waals surface area (Å²) < 4.78 is 41.5. The number of alkyl halides is 2. The molecule has 0 aromatic carbocycles. The van der Waals surface area contributed by atoms with Crippen LogP contribution in [0, 0.1) is 5.82 Å². The molecule has 0 radical (unpaired) electrons. The molecule has 0 bridgehead atoms. The summed E-state index contributed by atoms with van der Waals surface area (Å²) in [5.41, 5.74) is 0.205. The molecule has 1 aliphatic carbocycles. The normalized spacial score (nSPS) is 21.6. The van der Waals surface area contributed by atoms with E-state index < -0.39 is 30.5 Å². The zero-order valence-electron chi connectivity index (χ0n) is 8.32. The van der Waals surface area contributed by atoms with Crippen LogP contribution >= 0.6 is 0 Å². The number of aromatic nitrogens is 1. The maximum absolute atomic E-state index is 13.8. The van der Waals surface area contributed by atoms with Crippen LogP contribution in [0.1, 0.15) is 21.7 Å². The van der Waals surface area contributed by atoms with Gasteiger partial charge in [-0.05, 0) is 0 Å². The Kier molecular flexibility index (Phi) is 1.71. The van der Waals surface area contributed by atoms with E-state index in [2.05, 4.69) is 5.32 Å². The van der Waals surface area contributed by atoms with Gasteiger partial charge in [0.1, 0.15) is 5.69 Å². The Balaban J connectivity index is 2.19. The van der Waals surface area contributed by atoms with Crippen LogP contribution in [-0.2, 0) is 19.4 Å². The Labute approximate surface area is 89.2 Å². The van der Waals surface area contributed by atoms with Gasteiger partial charge in [-0.3, -0.25) is 4.79 Å². The van der Waals surface area contributed by atoms with Crippen LogP contribution in [-0.4, -0.2) is 22.9 Å². The highest BCUT2D eigenvalue weighted by atomic mass is 19.3. The highest BCUT2D eigenvalue weighted by Crippen LogP contribution is 2.38. The van der Waals surface area contributed by atoms with Gasteiger partial charge in [0.05, 0.1) is 6.42 Å². The molecule has 3 nitrogen and oxygen atoms in total. The van der Waals surface area contributed by atoms with Gasteiger partial charge in [-0.25, -0.2) is 13.2 Å². The number of amides is 1. The summed E-state index contributed by atoms with van der Waals surface area (Å²) in [6, 6.07) is 0. The van der Waals surface area contributed by atoms with Crippen molar-refractivity contribution in [3.05, 3.63) is 22.8 Å². The van der Waals surface area contributed by atoms with E-state index in [1.165, 1.54) is 4.57 Å². The van der Waals surface area contributed by atoms with E-state index >= 15 is 0 Å². The molecule has 0 atom stereocenters. The molecule has 6 heteroatoms. The fourth-order valence-corrected chi connectivity index (χ4v) is 2.47. The lowest BCUT2D eigenvalue weighted by Gasteiger charge is -2.18. The maximum atomic E-state index is 13.8. The molecule has 16 heavy (non-hydrogen) atoms. The number of rotatable bonds is 0. The van der Waals surface area contributed by atoms with Crippen LogP contribution in [0.4, 0.5) is 13.2 Å². The minimum Gasteiger partial charge on any atom is -0.349 e. The van der Waals surface area contributed by atoms with Gasteiger partial charge in [-0.1, -0.05) is 0 Å². The first kappa shape index (κ1) is 9.74. The average molecular weight is 230 g/mol. The van der Waals surface area contributed by atoms with E-state index in [9.17, 15) is 18.0 Å². The van der Waals surface area contributed by atoms with Crippen LogP contribution in [0.15, 0.2) is 0 Å². The first-order valence-corrected chi connectivity index (χ1v) is 5.05. The van der Waals surface area contributed by atoms with Gasteiger partial charge in [-0.2, -0.15) is 0 Å². The van der Waals surface area contributed by atoms with E-state index in [0.717, 1.165) is 0 Å². The Morgan fingerprint density at radius 3 is 2.81 bits per heavy atom. The SMILES string of the molecule is O=C1NCCn2c3c(c(F)c21)CC(F)(F)C3. The number of fused-ring (bicyclic) bond motifs is 3. The predicted molar refractivity (Wildman–Crippen MR) is 49.1 cm³/mol. The topological polar surface area (TPSA) is 34.0 Å². The zero-order valence-corrected chi connectivity index (χ0v) is 8.32. The lowest BCUT2D eigenvalue weighted by atomic mass is 10.2. The quantitative estimate of drug-likeness (QED) is 0.711. The van der Waals surface area contributed by atoms with Crippen molar-refractivity contribution in [3.63, 3.8) is 0 Å². The van der Waals surface area contributed by atoms with Crippen LogP contribution in [0.5, 0.6) is 0 Å². The van der Waals surface area contributed by atoms with Crippen molar-refractivity contribution in [3.8, 4) is 0 Å². The van der Waals surface area contributed by atoms with Gasteiger partial charge in [0.2, 0.25) is 0 Å². The van der Waals surface area contributed by atoms with Gasteiger partial charge in [0, 0.05) is 30.8 Å². The lowest BCUT2D eigenvalue weighted by molar-refractivity contribution is 0.0110. The number of carbonyl (C=O) groups excluding carboxylic acids is 1. The average Bonchev–Trinajstić information content (AvgIpc) is 2.63. The molecule has 2 heterocycles.